The van der Waals surface area contributed by atoms with E-state index in [0.717, 1.165) is 38.5 Å². The Morgan fingerprint density at radius 2 is 2.20 bits per heavy atom. The monoisotopic (exact) mass is 208 g/mol. The van der Waals surface area contributed by atoms with Gasteiger partial charge in [0.05, 0.1) is 6.54 Å². The Labute approximate surface area is 89.2 Å². The lowest BCUT2D eigenvalue weighted by molar-refractivity contribution is 0.0983. The zero-order valence-electron chi connectivity index (χ0n) is 8.95. The highest BCUT2D eigenvalue weighted by atomic mass is 16.3. The number of rotatable bonds is 3. The molecule has 0 atom stereocenters. The molecule has 1 aromatic heterocycles. The number of ketones is 1. The van der Waals surface area contributed by atoms with Gasteiger partial charge in [0, 0.05) is 33.1 Å². The van der Waals surface area contributed by atoms with Gasteiger partial charge in [0.1, 0.15) is 5.76 Å². The van der Waals surface area contributed by atoms with Crippen molar-refractivity contribution in [2.45, 2.75) is 13.5 Å². The van der Waals surface area contributed by atoms with Gasteiger partial charge in [-0.2, -0.15) is 0 Å². The van der Waals surface area contributed by atoms with E-state index in [9.17, 15) is 4.79 Å². The van der Waals surface area contributed by atoms with Crippen molar-refractivity contribution in [2.24, 2.45) is 0 Å². The minimum Gasteiger partial charge on any atom is -0.457 e. The number of carbonyl (C=O) groups is 1. The fraction of sp³-hybridized carbons (Fsp3) is 0.545. The summed E-state index contributed by atoms with van der Waals surface area (Å²) in [6, 6.07) is 3.64. The highest BCUT2D eigenvalue weighted by Gasteiger charge is 2.12. The fourth-order valence-electron chi connectivity index (χ4n) is 1.74. The van der Waals surface area contributed by atoms with Gasteiger partial charge >= 0.3 is 0 Å². The van der Waals surface area contributed by atoms with Crippen molar-refractivity contribution in [3.05, 3.63) is 23.7 Å². The zero-order chi connectivity index (χ0) is 10.7. The Bertz CT molecular complexity index is 340. The largest absolute Gasteiger partial charge is 0.457 e. The van der Waals surface area contributed by atoms with Crippen molar-refractivity contribution in [2.75, 3.05) is 26.2 Å². The van der Waals surface area contributed by atoms with E-state index in [2.05, 4.69) is 10.2 Å². The molecular weight excluding hydrogens is 192 g/mol. The Kier molecular flexibility index (Phi) is 3.18. The van der Waals surface area contributed by atoms with Crippen LogP contribution in [0.4, 0.5) is 0 Å². The lowest BCUT2D eigenvalue weighted by Crippen LogP contribution is -2.42. The van der Waals surface area contributed by atoms with E-state index in [1.807, 2.05) is 6.07 Å². The van der Waals surface area contributed by atoms with Gasteiger partial charge in [0.25, 0.3) is 0 Å². The minimum absolute atomic E-state index is 0.0124. The molecule has 0 aliphatic carbocycles. The summed E-state index contributed by atoms with van der Waals surface area (Å²) in [4.78, 5) is 13.4. The third-order valence-corrected chi connectivity index (χ3v) is 2.60. The maximum absolute atomic E-state index is 11.0. The molecule has 1 saturated heterocycles. The molecule has 0 radical (unpaired) electrons. The van der Waals surface area contributed by atoms with E-state index in [0.29, 0.717) is 5.76 Å². The second-order valence-electron chi connectivity index (χ2n) is 3.85. The highest BCUT2D eigenvalue weighted by Crippen LogP contribution is 2.11. The number of hydrogen-bond acceptors (Lipinski definition) is 4. The smallest absolute Gasteiger partial charge is 0.194 e. The van der Waals surface area contributed by atoms with E-state index >= 15 is 0 Å². The van der Waals surface area contributed by atoms with Gasteiger partial charge in [-0.1, -0.05) is 0 Å². The van der Waals surface area contributed by atoms with E-state index < -0.39 is 0 Å². The molecule has 0 amide bonds. The van der Waals surface area contributed by atoms with Crippen LogP contribution in [0.25, 0.3) is 0 Å². The van der Waals surface area contributed by atoms with Gasteiger partial charge in [-0.05, 0) is 12.1 Å². The summed E-state index contributed by atoms with van der Waals surface area (Å²) in [5, 5.41) is 3.30. The molecule has 1 aromatic rings. The average molecular weight is 208 g/mol. The highest BCUT2D eigenvalue weighted by molar-refractivity contribution is 5.91. The third-order valence-electron chi connectivity index (χ3n) is 2.60. The minimum atomic E-state index is -0.0124. The Morgan fingerprint density at radius 3 is 2.80 bits per heavy atom. The van der Waals surface area contributed by atoms with Crippen LogP contribution < -0.4 is 5.32 Å². The molecule has 0 spiro atoms. The Morgan fingerprint density at radius 1 is 1.47 bits per heavy atom. The predicted octanol–water partition coefficient (Wildman–Crippen LogP) is 0.887. The SMILES string of the molecule is CC(=O)c1ccc(CN2CCNCC2)o1. The summed E-state index contributed by atoms with van der Waals surface area (Å²) in [6.07, 6.45) is 0. The van der Waals surface area contributed by atoms with Crippen molar-refractivity contribution >= 4 is 5.78 Å². The van der Waals surface area contributed by atoms with E-state index in [4.69, 9.17) is 4.42 Å². The Balaban J connectivity index is 1.94. The first-order chi connectivity index (χ1) is 7.25. The lowest BCUT2D eigenvalue weighted by Gasteiger charge is -2.26. The molecule has 2 heterocycles. The molecule has 1 aliphatic rings. The fourth-order valence-corrected chi connectivity index (χ4v) is 1.74. The predicted molar refractivity (Wildman–Crippen MR) is 56.9 cm³/mol. The van der Waals surface area contributed by atoms with Crippen LogP contribution in [0, 0.1) is 0 Å². The summed E-state index contributed by atoms with van der Waals surface area (Å²) in [5.74, 6) is 1.32. The molecule has 1 fully saturated rings. The quantitative estimate of drug-likeness (QED) is 0.749. The zero-order valence-corrected chi connectivity index (χ0v) is 8.95. The van der Waals surface area contributed by atoms with Gasteiger partial charge in [-0.25, -0.2) is 0 Å². The van der Waals surface area contributed by atoms with Gasteiger partial charge in [-0.3, -0.25) is 9.69 Å². The van der Waals surface area contributed by atoms with E-state index in [1.54, 1.807) is 6.07 Å². The summed E-state index contributed by atoms with van der Waals surface area (Å²) < 4.78 is 5.44. The summed E-state index contributed by atoms with van der Waals surface area (Å²) in [5.41, 5.74) is 0. The van der Waals surface area contributed by atoms with Crippen LogP contribution in [-0.2, 0) is 6.54 Å². The van der Waals surface area contributed by atoms with Crippen molar-refractivity contribution < 1.29 is 9.21 Å². The molecule has 0 bridgehead atoms. The summed E-state index contributed by atoms with van der Waals surface area (Å²) >= 11 is 0. The van der Waals surface area contributed by atoms with Crippen molar-refractivity contribution in [1.82, 2.24) is 10.2 Å². The van der Waals surface area contributed by atoms with Crippen LogP contribution in [0.1, 0.15) is 23.2 Å². The van der Waals surface area contributed by atoms with Gasteiger partial charge in [0.2, 0.25) is 0 Å². The third kappa shape index (κ3) is 2.67. The number of furan rings is 1. The molecular formula is C11H16N2O2. The maximum atomic E-state index is 11.0. The first kappa shape index (κ1) is 10.4. The first-order valence-corrected chi connectivity index (χ1v) is 5.28. The number of piperazine rings is 1. The number of nitrogens with zero attached hydrogens (tertiary/aromatic N) is 1. The molecule has 15 heavy (non-hydrogen) atoms. The maximum Gasteiger partial charge on any atom is 0.194 e. The standard InChI is InChI=1S/C11H16N2O2/c1-9(14)11-3-2-10(15-11)8-13-6-4-12-5-7-13/h2-3,12H,4-8H2,1H3. The van der Waals surface area contributed by atoms with E-state index in [1.165, 1.54) is 6.92 Å². The van der Waals surface area contributed by atoms with Crippen LogP contribution in [0.15, 0.2) is 16.5 Å². The van der Waals surface area contributed by atoms with Gasteiger partial charge < -0.3 is 9.73 Å². The molecule has 0 aromatic carbocycles. The number of carbonyl (C=O) groups excluding carboxylic acids is 1. The number of Topliss-reactive ketones (excluding diaryl/α,β-unsaturated/α-hetero) is 1. The number of nitrogens with one attached hydrogen (secondary N) is 1. The van der Waals surface area contributed by atoms with Crippen molar-refractivity contribution in [3.8, 4) is 0 Å². The van der Waals surface area contributed by atoms with Crippen LogP contribution in [-0.4, -0.2) is 36.9 Å². The molecule has 1 aliphatic heterocycles. The second-order valence-corrected chi connectivity index (χ2v) is 3.85. The molecule has 0 unspecified atom stereocenters. The molecule has 0 saturated carbocycles. The molecule has 2 rings (SSSR count). The molecule has 4 heteroatoms. The van der Waals surface area contributed by atoms with Gasteiger partial charge in [-0.15, -0.1) is 0 Å². The lowest BCUT2D eigenvalue weighted by atomic mass is 10.3. The number of hydrogen-bond donors (Lipinski definition) is 1. The van der Waals surface area contributed by atoms with Crippen LogP contribution in [0.3, 0.4) is 0 Å². The summed E-state index contributed by atoms with van der Waals surface area (Å²) in [6.45, 7) is 6.45. The van der Waals surface area contributed by atoms with Crippen molar-refractivity contribution in [3.63, 3.8) is 0 Å². The molecule has 4 nitrogen and oxygen atoms in total. The first-order valence-electron chi connectivity index (χ1n) is 5.28. The van der Waals surface area contributed by atoms with Crippen LogP contribution >= 0.6 is 0 Å². The van der Waals surface area contributed by atoms with Crippen LogP contribution in [0.5, 0.6) is 0 Å². The van der Waals surface area contributed by atoms with Crippen molar-refractivity contribution in [1.29, 1.82) is 0 Å². The molecule has 82 valence electrons. The van der Waals surface area contributed by atoms with Gasteiger partial charge in [0.15, 0.2) is 11.5 Å². The van der Waals surface area contributed by atoms with E-state index in [-0.39, 0.29) is 5.78 Å². The average Bonchev–Trinajstić information content (AvgIpc) is 2.68. The Hall–Kier alpha value is -1.13. The summed E-state index contributed by atoms with van der Waals surface area (Å²) in [7, 11) is 0. The van der Waals surface area contributed by atoms with Crippen LogP contribution in [0.2, 0.25) is 0 Å². The normalized spacial score (nSPS) is 17.9. The topological polar surface area (TPSA) is 45.5 Å². The molecule has 1 N–H and O–H groups in total. The second kappa shape index (κ2) is 4.59.